The highest BCUT2D eigenvalue weighted by Gasteiger charge is 2.58. The Hall–Kier alpha value is -4.44. The van der Waals surface area contributed by atoms with Gasteiger partial charge >= 0.3 is 0 Å². The molecule has 0 aliphatic heterocycles. The van der Waals surface area contributed by atoms with E-state index in [-0.39, 0.29) is 38.1 Å². The van der Waals surface area contributed by atoms with E-state index in [1.54, 1.807) is 0 Å². The fraction of sp³-hybridized carbons (Fsp3) is 0.220. The lowest BCUT2D eigenvalue weighted by Crippen LogP contribution is -2.55. The number of nitrogens with zero attached hydrogens (tertiary/aromatic N) is 2. The van der Waals surface area contributed by atoms with E-state index in [1.807, 2.05) is 18.2 Å². The van der Waals surface area contributed by atoms with Crippen molar-refractivity contribution in [2.24, 2.45) is 5.41 Å². The zero-order valence-electron chi connectivity index (χ0n) is 27.9. The molecule has 2 heterocycles. The van der Waals surface area contributed by atoms with Gasteiger partial charge in [0.05, 0.1) is 16.5 Å². The van der Waals surface area contributed by atoms with E-state index < -0.39 is 5.41 Å². The van der Waals surface area contributed by atoms with Gasteiger partial charge in [-0.05, 0) is 63.9 Å². The van der Waals surface area contributed by atoms with E-state index in [1.165, 1.54) is 22.3 Å². The second-order valence-electron chi connectivity index (χ2n) is 15.1. The minimum Gasteiger partial charge on any atom is -0.437 e. The molecule has 0 unspecified atom stereocenters. The molecule has 3 aliphatic carbocycles. The molecule has 5 aromatic carbocycles. The fourth-order valence-corrected chi connectivity index (χ4v) is 9.19. The summed E-state index contributed by atoms with van der Waals surface area (Å²) < 4.78 is 6.77. The highest BCUT2D eigenvalue weighted by atomic mass is 16.3. The van der Waals surface area contributed by atoms with Crippen LogP contribution in [0.4, 0.5) is 0 Å². The topological polar surface area (TPSA) is 38.9 Å². The molecule has 7 aromatic rings. The summed E-state index contributed by atoms with van der Waals surface area (Å²) in [5.74, 6) is 0.620. The molecule has 0 atom stereocenters. The van der Waals surface area contributed by atoms with Crippen LogP contribution in [0, 0.1) is 5.41 Å². The number of aromatic nitrogens is 2. The van der Waals surface area contributed by atoms with Gasteiger partial charge in [0.15, 0.2) is 0 Å². The van der Waals surface area contributed by atoms with Crippen molar-refractivity contribution < 1.29 is 4.42 Å². The first-order valence-corrected chi connectivity index (χ1v) is 16.8. The van der Waals surface area contributed by atoms with Crippen LogP contribution in [0.15, 0.2) is 89.3 Å². The highest BCUT2D eigenvalue weighted by molar-refractivity contribution is 6.68. The van der Waals surface area contributed by atoms with Crippen molar-refractivity contribution in [2.45, 2.75) is 50.9 Å². The number of furan rings is 1. The molecule has 0 fully saturated rings. The smallest absolute Gasteiger partial charge is 0.231 e. The quantitative estimate of drug-likeness (QED) is 0.277. The summed E-state index contributed by atoms with van der Waals surface area (Å²) in [6, 6.07) is 29.9. The van der Waals surface area contributed by atoms with Crippen LogP contribution in [0.2, 0.25) is 0 Å². The van der Waals surface area contributed by atoms with E-state index in [2.05, 4.69) is 87.5 Å². The second-order valence-corrected chi connectivity index (χ2v) is 15.1. The minimum absolute atomic E-state index is 0.0985. The van der Waals surface area contributed by atoms with Crippen molar-refractivity contribution in [2.75, 3.05) is 0 Å². The maximum absolute atomic E-state index is 6.78. The van der Waals surface area contributed by atoms with E-state index in [4.69, 9.17) is 53.6 Å². The lowest BCUT2D eigenvalue weighted by molar-refractivity contribution is 0.222. The molecule has 3 aliphatic rings. The molecule has 8 heteroatoms. The molecule has 49 heavy (non-hydrogen) atoms. The molecule has 0 spiro atoms. The highest BCUT2D eigenvalue weighted by Crippen LogP contribution is 2.64. The summed E-state index contributed by atoms with van der Waals surface area (Å²) in [5.41, 5.74) is 7.44. The molecule has 10 radical (unpaired) electrons. The van der Waals surface area contributed by atoms with Crippen LogP contribution in [-0.4, -0.2) is 49.2 Å². The van der Waals surface area contributed by atoms with Crippen LogP contribution in [0.3, 0.4) is 0 Å². The summed E-state index contributed by atoms with van der Waals surface area (Å²) in [6.07, 6.45) is 2.79. The van der Waals surface area contributed by atoms with Crippen LogP contribution in [0.25, 0.3) is 44.1 Å². The first-order valence-electron chi connectivity index (χ1n) is 16.8. The third-order valence-electron chi connectivity index (χ3n) is 11.1. The minimum atomic E-state index is -0.661. The SMILES string of the molecule is [B]c1c([B])c([B])c(-c2nc(C34CCC(CC(C)(C)C)(c5ccccc53)c3ccccc34)nc3oc4c5ccccc5ccc4c23)c([B])c1[B]. The van der Waals surface area contributed by atoms with Crippen LogP contribution >= 0.6 is 0 Å². The van der Waals surface area contributed by atoms with Gasteiger partial charge in [0.25, 0.3) is 0 Å². The van der Waals surface area contributed by atoms with Crippen molar-refractivity contribution in [1.82, 2.24) is 9.97 Å². The number of hydrogen-bond donors (Lipinski definition) is 0. The number of fused-ring (bicyclic) bond motifs is 6. The Morgan fingerprint density at radius 2 is 1.20 bits per heavy atom. The van der Waals surface area contributed by atoms with Gasteiger partial charge in [0.1, 0.15) is 50.6 Å². The lowest BCUT2D eigenvalue weighted by Gasteiger charge is -2.56. The Balaban J connectivity index is 1.44. The van der Waals surface area contributed by atoms with Gasteiger partial charge in [-0.25, -0.2) is 4.98 Å². The maximum atomic E-state index is 6.78. The zero-order chi connectivity index (χ0) is 34.0. The number of benzene rings is 5. The number of rotatable bonds is 3. The Bertz CT molecular complexity index is 2470. The second kappa shape index (κ2) is 10.3. The van der Waals surface area contributed by atoms with Gasteiger partial charge < -0.3 is 4.42 Å². The van der Waals surface area contributed by atoms with Crippen molar-refractivity contribution >= 4 is 99.4 Å². The predicted octanol–water partition coefficient (Wildman–Crippen LogP) is 4.33. The molecule has 2 aromatic heterocycles. The van der Waals surface area contributed by atoms with E-state index in [0.29, 0.717) is 33.8 Å². The molecule has 0 saturated heterocycles. The average molecular weight is 620 g/mol. The Kier molecular flexibility index (Phi) is 6.43. The molecular weight excluding hydrogens is 591 g/mol. The van der Waals surface area contributed by atoms with E-state index in [9.17, 15) is 0 Å². The fourth-order valence-electron chi connectivity index (χ4n) is 9.19. The van der Waals surface area contributed by atoms with Gasteiger partial charge in [0, 0.05) is 16.2 Å². The summed E-state index contributed by atoms with van der Waals surface area (Å²) in [7, 11) is 32.8. The molecule has 0 amide bonds. The molecule has 3 nitrogen and oxygen atoms in total. The van der Waals surface area contributed by atoms with Crippen LogP contribution in [0.5, 0.6) is 0 Å². The van der Waals surface area contributed by atoms with Gasteiger partial charge in [0.2, 0.25) is 5.71 Å². The standard InChI is InChI=1S/C41H29B5N2O/c1-39(2,3)20-40-18-19-41(26-14-8-6-12-24(26)40,27-15-9-7-13-25(27)40)38-47-35(29-30(42)32(44)34(46)33(45)31(29)43)28-23-17-16-21-10-4-5-11-22(21)36(23)49-37(28)48-38/h4-17H,18-20H2,1-3H3. The maximum Gasteiger partial charge on any atom is 0.231 e. The monoisotopic (exact) mass is 620 g/mol. The normalized spacial score (nSPS) is 19.8. The molecular formula is C41H29B5N2O. The van der Waals surface area contributed by atoms with Crippen LogP contribution < -0.4 is 27.3 Å². The first-order chi connectivity index (χ1) is 23.5. The first kappa shape index (κ1) is 30.6. The summed E-state index contributed by atoms with van der Waals surface area (Å²) in [6.45, 7) is 6.99. The van der Waals surface area contributed by atoms with Crippen molar-refractivity contribution in [3.05, 3.63) is 113 Å². The lowest BCUT2D eigenvalue weighted by atomic mass is 9.46. The van der Waals surface area contributed by atoms with Gasteiger partial charge in [-0.3, -0.25) is 0 Å². The molecule has 10 rings (SSSR count). The van der Waals surface area contributed by atoms with Gasteiger partial charge in [-0.2, -0.15) is 4.98 Å². The Morgan fingerprint density at radius 1 is 0.633 bits per heavy atom. The molecule has 2 bridgehead atoms. The molecule has 224 valence electrons. The summed E-state index contributed by atoms with van der Waals surface area (Å²) in [5, 5.41) is 3.56. The third kappa shape index (κ3) is 4.04. The van der Waals surface area contributed by atoms with E-state index >= 15 is 0 Å². The zero-order valence-corrected chi connectivity index (χ0v) is 27.9. The third-order valence-corrected chi connectivity index (χ3v) is 11.1. The molecule has 0 N–H and O–H groups in total. The Morgan fingerprint density at radius 3 is 1.84 bits per heavy atom. The van der Waals surface area contributed by atoms with Crippen molar-refractivity contribution in [3.8, 4) is 11.3 Å². The van der Waals surface area contributed by atoms with Crippen LogP contribution in [0.1, 0.15) is 68.1 Å². The largest absolute Gasteiger partial charge is 0.437 e. The summed E-state index contributed by atoms with van der Waals surface area (Å²) >= 11 is 0. The van der Waals surface area contributed by atoms with E-state index in [0.717, 1.165) is 35.4 Å². The Labute approximate surface area is 293 Å². The predicted molar refractivity (Wildman–Crippen MR) is 206 cm³/mol. The average Bonchev–Trinajstić information content (AvgIpc) is 3.49. The van der Waals surface area contributed by atoms with Crippen molar-refractivity contribution in [3.63, 3.8) is 0 Å². The summed E-state index contributed by atoms with van der Waals surface area (Å²) in [4.78, 5) is 10.9. The van der Waals surface area contributed by atoms with Crippen LogP contribution in [-0.2, 0) is 10.8 Å². The van der Waals surface area contributed by atoms with Gasteiger partial charge in [-0.1, -0.05) is 111 Å². The number of hydrogen-bond acceptors (Lipinski definition) is 3. The van der Waals surface area contributed by atoms with Crippen molar-refractivity contribution in [1.29, 1.82) is 0 Å². The van der Waals surface area contributed by atoms with Gasteiger partial charge in [-0.15, -0.1) is 16.4 Å². The molecule has 0 saturated carbocycles.